The van der Waals surface area contributed by atoms with Crippen molar-refractivity contribution in [3.05, 3.63) is 81.2 Å². The molecule has 0 saturated heterocycles. The molecule has 0 spiro atoms. The molecule has 0 bridgehead atoms. The number of amides is 1. The number of nitrogens with one attached hydrogen (secondary N) is 1. The van der Waals surface area contributed by atoms with Crippen LogP contribution < -0.4 is 10.9 Å². The predicted octanol–water partition coefficient (Wildman–Crippen LogP) is 4.78. The third-order valence-electron chi connectivity index (χ3n) is 5.57. The molecule has 2 aromatic carbocycles. The number of carbonyl (C=O) groups is 1. The molecule has 1 N–H and O–H groups in total. The van der Waals surface area contributed by atoms with Gasteiger partial charge in [0.1, 0.15) is 5.52 Å². The lowest BCUT2D eigenvalue weighted by molar-refractivity contribution is 0.0955. The van der Waals surface area contributed by atoms with Crippen LogP contribution in [0.4, 0.5) is 0 Å². The molecule has 5 nitrogen and oxygen atoms in total. The van der Waals surface area contributed by atoms with Crippen LogP contribution in [0.1, 0.15) is 29.8 Å². The van der Waals surface area contributed by atoms with Crippen molar-refractivity contribution in [1.82, 2.24) is 14.5 Å². The largest absolute Gasteiger partial charge is 0.352 e. The average Bonchev–Trinajstić information content (AvgIpc) is 3.04. The van der Waals surface area contributed by atoms with E-state index in [1.165, 1.54) is 0 Å². The minimum absolute atomic E-state index is 0.0741. The number of rotatable bonds is 6. The van der Waals surface area contributed by atoms with Gasteiger partial charge in [0.15, 0.2) is 0 Å². The fourth-order valence-corrected chi connectivity index (χ4v) is 4.37. The van der Waals surface area contributed by atoms with Crippen molar-refractivity contribution in [2.45, 2.75) is 26.8 Å². The van der Waals surface area contributed by atoms with Crippen molar-refractivity contribution in [2.75, 3.05) is 6.54 Å². The van der Waals surface area contributed by atoms with E-state index in [4.69, 9.17) is 11.6 Å². The molecule has 6 heteroatoms. The van der Waals surface area contributed by atoms with Gasteiger partial charge in [-0.25, -0.2) is 0 Å². The SMILES string of the molecule is CC(C)Cn1cc(C(=O)NCCc2ccccc2Cl)c2c3ccccc3n(C)c2c1=O. The quantitative estimate of drug-likeness (QED) is 0.474. The molecule has 0 aliphatic heterocycles. The summed E-state index contributed by atoms with van der Waals surface area (Å²) in [6, 6.07) is 15.4. The highest BCUT2D eigenvalue weighted by atomic mass is 35.5. The highest BCUT2D eigenvalue weighted by molar-refractivity contribution is 6.31. The zero-order valence-corrected chi connectivity index (χ0v) is 18.7. The minimum atomic E-state index is -0.189. The first-order valence-electron chi connectivity index (χ1n) is 10.5. The molecule has 2 heterocycles. The summed E-state index contributed by atoms with van der Waals surface area (Å²) in [7, 11) is 1.88. The van der Waals surface area contributed by atoms with Crippen LogP contribution in [0, 0.1) is 5.92 Å². The molecule has 0 aliphatic rings. The lowest BCUT2D eigenvalue weighted by atomic mass is 10.1. The summed E-state index contributed by atoms with van der Waals surface area (Å²) in [5.41, 5.74) is 2.92. The number of aromatic nitrogens is 2. The monoisotopic (exact) mass is 435 g/mol. The Morgan fingerprint density at radius 1 is 1.10 bits per heavy atom. The molecule has 4 rings (SSSR count). The Balaban J connectivity index is 1.77. The van der Waals surface area contributed by atoms with Gasteiger partial charge in [-0.1, -0.05) is 61.8 Å². The highest BCUT2D eigenvalue weighted by Crippen LogP contribution is 2.29. The molecule has 0 atom stereocenters. The van der Waals surface area contributed by atoms with Crippen LogP contribution in [0.5, 0.6) is 0 Å². The van der Waals surface area contributed by atoms with Gasteiger partial charge in [0.2, 0.25) is 0 Å². The Hall–Kier alpha value is -3.05. The second-order valence-corrected chi connectivity index (χ2v) is 8.70. The second kappa shape index (κ2) is 8.60. The molecular formula is C25H26ClN3O2. The van der Waals surface area contributed by atoms with Crippen molar-refractivity contribution < 1.29 is 4.79 Å². The third-order valence-corrected chi connectivity index (χ3v) is 5.94. The van der Waals surface area contributed by atoms with Gasteiger partial charge in [-0.05, 0) is 30.0 Å². The number of carbonyl (C=O) groups excluding carboxylic acids is 1. The number of fused-ring (bicyclic) bond motifs is 3. The van der Waals surface area contributed by atoms with Crippen molar-refractivity contribution in [1.29, 1.82) is 0 Å². The Labute approximate surface area is 186 Å². The lowest BCUT2D eigenvalue weighted by Gasteiger charge is -2.13. The van der Waals surface area contributed by atoms with E-state index < -0.39 is 0 Å². The summed E-state index contributed by atoms with van der Waals surface area (Å²) in [6.07, 6.45) is 2.34. The van der Waals surface area contributed by atoms with E-state index >= 15 is 0 Å². The van der Waals surface area contributed by atoms with E-state index in [1.54, 1.807) is 10.8 Å². The van der Waals surface area contributed by atoms with E-state index in [9.17, 15) is 9.59 Å². The first kappa shape index (κ1) is 21.2. The number of aryl methyl sites for hydroxylation is 1. The third kappa shape index (κ3) is 3.98. The number of nitrogens with zero attached hydrogens (tertiary/aromatic N) is 2. The van der Waals surface area contributed by atoms with Crippen molar-refractivity contribution >= 4 is 39.3 Å². The van der Waals surface area contributed by atoms with Gasteiger partial charge in [0, 0.05) is 47.6 Å². The van der Waals surface area contributed by atoms with Crippen LogP contribution in [0.25, 0.3) is 21.8 Å². The van der Waals surface area contributed by atoms with Crippen molar-refractivity contribution in [3.63, 3.8) is 0 Å². The molecule has 0 radical (unpaired) electrons. The summed E-state index contributed by atoms with van der Waals surface area (Å²) in [4.78, 5) is 26.5. The van der Waals surface area contributed by atoms with Gasteiger partial charge in [0.25, 0.3) is 11.5 Å². The summed E-state index contributed by atoms with van der Waals surface area (Å²) in [6.45, 7) is 5.12. The van der Waals surface area contributed by atoms with Crippen LogP contribution in [0.15, 0.2) is 59.5 Å². The maximum Gasteiger partial charge on any atom is 0.275 e. The van der Waals surface area contributed by atoms with Gasteiger partial charge < -0.3 is 14.5 Å². The summed E-state index contributed by atoms with van der Waals surface area (Å²) >= 11 is 6.24. The zero-order valence-electron chi connectivity index (χ0n) is 18.0. The molecule has 0 saturated carbocycles. The Morgan fingerprint density at radius 3 is 2.55 bits per heavy atom. The smallest absolute Gasteiger partial charge is 0.275 e. The summed E-state index contributed by atoms with van der Waals surface area (Å²) in [5, 5.41) is 5.33. The second-order valence-electron chi connectivity index (χ2n) is 8.29. The molecular weight excluding hydrogens is 410 g/mol. The van der Waals surface area contributed by atoms with E-state index in [1.807, 2.05) is 60.1 Å². The molecule has 160 valence electrons. The van der Waals surface area contributed by atoms with E-state index in [2.05, 4.69) is 19.2 Å². The minimum Gasteiger partial charge on any atom is -0.352 e. The molecule has 0 fully saturated rings. The molecule has 4 aromatic rings. The molecule has 31 heavy (non-hydrogen) atoms. The normalized spacial score (nSPS) is 11.5. The fraction of sp³-hybridized carbons (Fsp3) is 0.280. The van der Waals surface area contributed by atoms with Gasteiger partial charge in [-0.2, -0.15) is 0 Å². The molecule has 0 aliphatic carbocycles. The van der Waals surface area contributed by atoms with Crippen molar-refractivity contribution in [3.8, 4) is 0 Å². The Bertz CT molecular complexity index is 1330. The molecule has 0 unspecified atom stereocenters. The number of halogens is 1. The number of pyridine rings is 1. The van der Waals surface area contributed by atoms with Gasteiger partial charge in [-0.3, -0.25) is 9.59 Å². The summed E-state index contributed by atoms with van der Waals surface area (Å²) < 4.78 is 3.55. The van der Waals surface area contributed by atoms with Crippen LogP contribution >= 0.6 is 11.6 Å². The lowest BCUT2D eigenvalue weighted by Crippen LogP contribution is -2.30. The number of hydrogen-bond acceptors (Lipinski definition) is 2. The van der Waals surface area contributed by atoms with Crippen molar-refractivity contribution in [2.24, 2.45) is 13.0 Å². The standard InChI is InChI=1S/C25H26ClN3O2/c1-16(2)14-29-15-19(24(30)27-13-12-17-8-4-6-10-20(17)26)22-18-9-5-7-11-21(18)28(3)23(22)25(29)31/h4-11,15-16H,12-14H2,1-3H3,(H,27,30). The van der Waals surface area contributed by atoms with E-state index in [-0.39, 0.29) is 17.4 Å². The van der Waals surface area contributed by atoms with Crippen LogP contribution in [-0.2, 0) is 20.0 Å². The maximum atomic E-state index is 13.3. The van der Waals surface area contributed by atoms with E-state index in [0.29, 0.717) is 41.0 Å². The number of benzene rings is 2. The van der Waals surface area contributed by atoms with Crippen LogP contribution in [0.3, 0.4) is 0 Å². The van der Waals surface area contributed by atoms with E-state index in [0.717, 1.165) is 16.5 Å². The first-order chi connectivity index (χ1) is 14.9. The van der Waals surface area contributed by atoms with Gasteiger partial charge >= 0.3 is 0 Å². The fourth-order valence-electron chi connectivity index (χ4n) is 4.14. The topological polar surface area (TPSA) is 56.0 Å². The van der Waals surface area contributed by atoms with Gasteiger partial charge in [-0.15, -0.1) is 0 Å². The maximum absolute atomic E-state index is 13.3. The summed E-state index contributed by atoms with van der Waals surface area (Å²) in [5.74, 6) is 0.0897. The molecule has 1 amide bonds. The van der Waals surface area contributed by atoms with Crippen LogP contribution in [0.2, 0.25) is 5.02 Å². The molecule has 2 aromatic heterocycles. The first-order valence-corrected chi connectivity index (χ1v) is 10.9. The Kier molecular flexibility index (Phi) is 5.88. The Morgan fingerprint density at radius 2 is 1.81 bits per heavy atom. The number of hydrogen-bond donors (Lipinski definition) is 1. The highest BCUT2D eigenvalue weighted by Gasteiger charge is 2.21. The van der Waals surface area contributed by atoms with Gasteiger partial charge in [0.05, 0.1) is 5.56 Å². The predicted molar refractivity (Wildman–Crippen MR) is 127 cm³/mol. The average molecular weight is 436 g/mol. The zero-order chi connectivity index (χ0) is 22.1. The number of para-hydroxylation sites is 1. The van der Waals surface area contributed by atoms with Crippen LogP contribution in [-0.4, -0.2) is 21.6 Å².